The van der Waals surface area contributed by atoms with Crippen molar-refractivity contribution in [3.63, 3.8) is 0 Å². The van der Waals surface area contributed by atoms with E-state index in [4.69, 9.17) is 21.3 Å². The summed E-state index contributed by atoms with van der Waals surface area (Å²) in [5.41, 5.74) is 2.08. The number of rotatable bonds is 6. The Morgan fingerprint density at radius 1 is 1.03 bits per heavy atom. The molecule has 1 aromatic heterocycles. The highest BCUT2D eigenvalue weighted by Gasteiger charge is 2.15. The fraction of sp³-hybridized carbons (Fsp3) is 0.138. The van der Waals surface area contributed by atoms with Crippen LogP contribution in [0.3, 0.4) is 0 Å². The predicted octanol–water partition coefficient (Wildman–Crippen LogP) is 8.31. The largest absolute Gasteiger partial charge is 0.487 e. The summed E-state index contributed by atoms with van der Waals surface area (Å²) in [6.07, 6.45) is 1.59. The van der Waals surface area contributed by atoms with Gasteiger partial charge in [0.2, 0.25) is 0 Å². The van der Waals surface area contributed by atoms with Gasteiger partial charge in [0.05, 0.1) is 21.6 Å². The Bertz CT molecular complexity index is 1730. The van der Waals surface area contributed by atoms with E-state index in [1.165, 1.54) is 4.68 Å². The Labute approximate surface area is 236 Å². The van der Waals surface area contributed by atoms with Crippen molar-refractivity contribution >= 4 is 71.4 Å². The van der Waals surface area contributed by atoms with E-state index in [0.717, 1.165) is 20.8 Å². The Kier molecular flexibility index (Phi) is 7.47. The van der Waals surface area contributed by atoms with Crippen LogP contribution in [0.15, 0.2) is 91.6 Å². The van der Waals surface area contributed by atoms with Gasteiger partial charge in [-0.1, -0.05) is 83.8 Å². The number of halogens is 3. The summed E-state index contributed by atoms with van der Waals surface area (Å²) in [6, 6.07) is 23.3. The zero-order valence-corrected chi connectivity index (χ0v) is 24.0. The van der Waals surface area contributed by atoms with Gasteiger partial charge in [0.25, 0.3) is 5.56 Å². The van der Waals surface area contributed by atoms with Gasteiger partial charge in [-0.15, -0.1) is 0 Å². The maximum absolute atomic E-state index is 13.4. The van der Waals surface area contributed by atoms with Crippen LogP contribution in [0.4, 0.5) is 0 Å². The molecule has 0 saturated heterocycles. The molecule has 0 saturated carbocycles. The average molecular weight is 640 g/mol. The third kappa shape index (κ3) is 5.35. The SMILES string of the molecule is CC(C)c1nc2ccc(Br)cc2c(=O)n1N=Cc1cc(Cl)cc(Br)c1OCc1cccc2ccccc12. The predicted molar refractivity (Wildman–Crippen MR) is 158 cm³/mol. The lowest BCUT2D eigenvalue weighted by molar-refractivity contribution is 0.305. The minimum atomic E-state index is -0.245. The van der Waals surface area contributed by atoms with Crippen molar-refractivity contribution < 1.29 is 4.74 Å². The highest BCUT2D eigenvalue weighted by Crippen LogP contribution is 2.33. The van der Waals surface area contributed by atoms with Crippen LogP contribution < -0.4 is 10.3 Å². The fourth-order valence-electron chi connectivity index (χ4n) is 4.17. The van der Waals surface area contributed by atoms with Crippen LogP contribution >= 0.6 is 43.5 Å². The molecule has 8 heteroatoms. The van der Waals surface area contributed by atoms with Crippen molar-refractivity contribution in [1.29, 1.82) is 0 Å². The molecule has 0 bridgehead atoms. The molecule has 0 fully saturated rings. The van der Waals surface area contributed by atoms with Crippen LogP contribution in [0.25, 0.3) is 21.7 Å². The Morgan fingerprint density at radius 2 is 1.81 bits per heavy atom. The molecule has 0 unspecified atom stereocenters. The number of aromatic nitrogens is 2. The van der Waals surface area contributed by atoms with E-state index in [0.29, 0.717) is 44.1 Å². The van der Waals surface area contributed by atoms with E-state index in [1.54, 1.807) is 24.4 Å². The zero-order valence-electron chi connectivity index (χ0n) is 20.1. The first-order valence-corrected chi connectivity index (χ1v) is 13.6. The standard InChI is InChI=1S/C29H22Br2ClN3O2/c1-17(2)28-34-26-11-10-21(30)13-24(26)29(36)35(28)33-15-20-12-22(32)14-25(31)27(20)37-16-19-8-5-7-18-6-3-4-9-23(18)19/h3-15,17H,16H2,1-2H3. The highest BCUT2D eigenvalue weighted by atomic mass is 79.9. The molecule has 4 aromatic carbocycles. The zero-order chi connectivity index (χ0) is 26.1. The average Bonchev–Trinajstić information content (AvgIpc) is 2.87. The Balaban J connectivity index is 1.56. The summed E-state index contributed by atoms with van der Waals surface area (Å²) >= 11 is 13.4. The van der Waals surface area contributed by atoms with Gasteiger partial charge in [-0.3, -0.25) is 4.79 Å². The van der Waals surface area contributed by atoms with E-state index in [2.05, 4.69) is 55.2 Å². The quantitative estimate of drug-likeness (QED) is 0.176. The second kappa shape index (κ2) is 10.8. The number of benzene rings is 4. The summed E-state index contributed by atoms with van der Waals surface area (Å²) in [5, 5.41) is 7.85. The Morgan fingerprint density at radius 3 is 2.62 bits per heavy atom. The van der Waals surface area contributed by atoms with Crippen molar-refractivity contribution in [1.82, 2.24) is 9.66 Å². The van der Waals surface area contributed by atoms with Crippen LogP contribution in [-0.4, -0.2) is 15.9 Å². The molecular weight excluding hydrogens is 618 g/mol. The van der Waals surface area contributed by atoms with Crippen LogP contribution in [0.5, 0.6) is 5.75 Å². The summed E-state index contributed by atoms with van der Waals surface area (Å²) in [6.45, 7) is 4.31. The van der Waals surface area contributed by atoms with Crippen LogP contribution in [0.2, 0.25) is 5.02 Å². The molecule has 0 aliphatic carbocycles. The summed E-state index contributed by atoms with van der Waals surface area (Å²) < 4.78 is 9.14. The minimum absolute atomic E-state index is 0.0222. The first-order chi connectivity index (χ1) is 17.8. The maximum atomic E-state index is 13.4. The molecule has 5 rings (SSSR count). The number of hydrogen-bond acceptors (Lipinski definition) is 4. The second-order valence-electron chi connectivity index (χ2n) is 8.88. The lowest BCUT2D eigenvalue weighted by Gasteiger charge is -2.14. The van der Waals surface area contributed by atoms with Crippen LogP contribution in [0.1, 0.15) is 36.7 Å². The van der Waals surface area contributed by atoms with Crippen molar-refractivity contribution in [2.24, 2.45) is 5.10 Å². The van der Waals surface area contributed by atoms with Crippen LogP contribution in [0, 0.1) is 0 Å². The first kappa shape index (κ1) is 25.6. The molecule has 37 heavy (non-hydrogen) atoms. The van der Waals surface area contributed by atoms with Crippen molar-refractivity contribution in [3.8, 4) is 5.75 Å². The van der Waals surface area contributed by atoms with Gasteiger partial charge in [0.15, 0.2) is 0 Å². The molecule has 186 valence electrons. The number of nitrogens with zero attached hydrogens (tertiary/aromatic N) is 3. The number of fused-ring (bicyclic) bond motifs is 2. The Hall–Kier alpha value is -3.00. The smallest absolute Gasteiger partial charge is 0.282 e. The fourth-order valence-corrected chi connectivity index (χ4v) is 5.48. The van der Waals surface area contributed by atoms with Gasteiger partial charge in [-0.05, 0) is 62.6 Å². The number of ether oxygens (including phenoxy) is 1. The third-order valence-electron chi connectivity index (χ3n) is 5.95. The van der Waals surface area contributed by atoms with Crippen LogP contribution in [-0.2, 0) is 6.61 Å². The topological polar surface area (TPSA) is 56.5 Å². The lowest BCUT2D eigenvalue weighted by Crippen LogP contribution is -2.23. The highest BCUT2D eigenvalue weighted by molar-refractivity contribution is 9.10. The van der Waals surface area contributed by atoms with Crippen molar-refractivity contribution in [2.45, 2.75) is 26.4 Å². The molecule has 0 atom stereocenters. The summed E-state index contributed by atoms with van der Waals surface area (Å²) in [5.74, 6) is 1.12. The van der Waals surface area contributed by atoms with Gasteiger partial charge in [-0.25, -0.2) is 4.98 Å². The van der Waals surface area contributed by atoms with Gasteiger partial charge in [0, 0.05) is 21.0 Å². The molecule has 0 aliphatic heterocycles. The number of hydrogen-bond donors (Lipinski definition) is 0. The van der Waals surface area contributed by atoms with E-state index < -0.39 is 0 Å². The molecule has 0 spiro atoms. The van der Waals surface area contributed by atoms with Gasteiger partial charge in [-0.2, -0.15) is 9.78 Å². The summed E-state index contributed by atoms with van der Waals surface area (Å²) in [4.78, 5) is 18.1. The lowest BCUT2D eigenvalue weighted by atomic mass is 10.1. The van der Waals surface area contributed by atoms with E-state index >= 15 is 0 Å². The molecule has 0 amide bonds. The molecule has 5 aromatic rings. The third-order valence-corrected chi connectivity index (χ3v) is 7.25. The molecule has 0 radical (unpaired) electrons. The van der Waals surface area contributed by atoms with E-state index in [1.807, 2.05) is 50.2 Å². The second-order valence-corrected chi connectivity index (χ2v) is 11.1. The van der Waals surface area contributed by atoms with Gasteiger partial charge < -0.3 is 4.74 Å². The van der Waals surface area contributed by atoms with Crippen molar-refractivity contribution in [3.05, 3.63) is 114 Å². The summed E-state index contributed by atoms with van der Waals surface area (Å²) in [7, 11) is 0. The molecule has 0 N–H and O–H groups in total. The van der Waals surface area contributed by atoms with Gasteiger partial charge in [0.1, 0.15) is 18.2 Å². The minimum Gasteiger partial charge on any atom is -0.487 e. The normalized spacial score (nSPS) is 11.7. The van der Waals surface area contributed by atoms with E-state index in [-0.39, 0.29) is 11.5 Å². The molecule has 1 heterocycles. The molecular formula is C29H22Br2ClN3O2. The molecule has 5 nitrogen and oxygen atoms in total. The molecule has 0 aliphatic rings. The van der Waals surface area contributed by atoms with Gasteiger partial charge >= 0.3 is 0 Å². The first-order valence-electron chi connectivity index (χ1n) is 11.7. The van der Waals surface area contributed by atoms with E-state index in [9.17, 15) is 4.79 Å². The van der Waals surface area contributed by atoms with Crippen molar-refractivity contribution in [2.75, 3.05) is 0 Å². The monoisotopic (exact) mass is 637 g/mol. The maximum Gasteiger partial charge on any atom is 0.282 e.